The van der Waals surface area contributed by atoms with Crippen molar-refractivity contribution in [1.29, 1.82) is 0 Å². The fourth-order valence-electron chi connectivity index (χ4n) is 1.89. The Morgan fingerprint density at radius 2 is 2.10 bits per heavy atom. The first-order valence-corrected chi connectivity index (χ1v) is 6.08. The Hall–Kier alpha value is -2.12. The molecule has 0 aliphatic carbocycles. The lowest BCUT2D eigenvalue weighted by molar-refractivity contribution is 0.406. The fourth-order valence-corrected chi connectivity index (χ4v) is 1.89. The highest BCUT2D eigenvalue weighted by molar-refractivity contribution is 6.58. The van der Waals surface area contributed by atoms with Gasteiger partial charge in [0, 0.05) is 11.6 Å². The molecule has 2 N–H and O–H groups in total. The van der Waals surface area contributed by atoms with Crippen molar-refractivity contribution in [2.75, 3.05) is 7.11 Å². The standard InChI is InChI=1S/C13H15BN2O4/c1-9-5-13(17)16(15-7-9)8-10-6-11(14(18)19)3-4-12(10)20-2/h3-7,18-19H,8H2,1-2H3. The molecule has 1 heterocycles. The van der Waals surface area contributed by atoms with Crippen molar-refractivity contribution in [2.45, 2.75) is 13.5 Å². The number of rotatable bonds is 4. The van der Waals surface area contributed by atoms with Crippen LogP contribution in [0.2, 0.25) is 0 Å². The van der Waals surface area contributed by atoms with Gasteiger partial charge in [-0.15, -0.1) is 0 Å². The molecule has 0 aliphatic heterocycles. The van der Waals surface area contributed by atoms with Crippen LogP contribution in [0.4, 0.5) is 0 Å². The topological polar surface area (TPSA) is 84.6 Å². The zero-order chi connectivity index (χ0) is 14.7. The van der Waals surface area contributed by atoms with E-state index in [0.717, 1.165) is 5.56 Å². The van der Waals surface area contributed by atoms with Crippen molar-refractivity contribution in [3.63, 3.8) is 0 Å². The molecule has 0 saturated carbocycles. The van der Waals surface area contributed by atoms with Crippen LogP contribution in [0.25, 0.3) is 0 Å². The Bertz CT molecular complexity index is 670. The van der Waals surface area contributed by atoms with E-state index < -0.39 is 7.12 Å². The molecule has 7 heteroatoms. The Kier molecular flexibility index (Phi) is 4.21. The van der Waals surface area contributed by atoms with E-state index in [1.54, 1.807) is 31.3 Å². The van der Waals surface area contributed by atoms with Gasteiger partial charge >= 0.3 is 7.12 Å². The number of aryl methyl sites for hydroxylation is 1. The Morgan fingerprint density at radius 3 is 2.70 bits per heavy atom. The first-order chi connectivity index (χ1) is 9.51. The minimum atomic E-state index is -1.57. The average Bonchev–Trinajstić information content (AvgIpc) is 2.41. The second kappa shape index (κ2) is 5.89. The van der Waals surface area contributed by atoms with Gasteiger partial charge in [-0.2, -0.15) is 5.10 Å². The van der Waals surface area contributed by atoms with Crippen LogP contribution in [-0.2, 0) is 6.54 Å². The molecule has 0 saturated heterocycles. The first-order valence-electron chi connectivity index (χ1n) is 6.08. The van der Waals surface area contributed by atoms with Crippen molar-refractivity contribution < 1.29 is 14.8 Å². The van der Waals surface area contributed by atoms with E-state index in [9.17, 15) is 14.8 Å². The molecule has 2 aromatic rings. The van der Waals surface area contributed by atoms with E-state index in [1.807, 2.05) is 0 Å². The minimum Gasteiger partial charge on any atom is -0.496 e. The second-order valence-electron chi connectivity index (χ2n) is 4.47. The number of methoxy groups -OCH3 is 1. The molecule has 0 aliphatic rings. The number of ether oxygens (including phenoxy) is 1. The lowest BCUT2D eigenvalue weighted by atomic mass is 9.79. The van der Waals surface area contributed by atoms with Crippen LogP contribution in [0.1, 0.15) is 11.1 Å². The number of aromatic nitrogens is 2. The predicted octanol–water partition coefficient (Wildman–Crippen LogP) is -0.712. The van der Waals surface area contributed by atoms with Crippen LogP contribution in [0.3, 0.4) is 0 Å². The summed E-state index contributed by atoms with van der Waals surface area (Å²) in [6, 6.07) is 6.25. The van der Waals surface area contributed by atoms with Crippen molar-refractivity contribution in [3.05, 3.63) is 51.9 Å². The van der Waals surface area contributed by atoms with Crippen LogP contribution in [0.15, 0.2) is 35.3 Å². The Labute approximate surface area is 116 Å². The van der Waals surface area contributed by atoms with Gasteiger partial charge in [0.15, 0.2) is 0 Å². The zero-order valence-corrected chi connectivity index (χ0v) is 11.3. The van der Waals surface area contributed by atoms with Crippen LogP contribution in [0, 0.1) is 6.92 Å². The summed E-state index contributed by atoms with van der Waals surface area (Å²) < 4.78 is 6.50. The predicted molar refractivity (Wildman–Crippen MR) is 75.2 cm³/mol. The van der Waals surface area contributed by atoms with Crippen LogP contribution < -0.4 is 15.8 Å². The van der Waals surface area contributed by atoms with Crippen molar-refractivity contribution >= 4 is 12.6 Å². The van der Waals surface area contributed by atoms with E-state index >= 15 is 0 Å². The van der Waals surface area contributed by atoms with Gasteiger partial charge in [-0.25, -0.2) is 4.68 Å². The molecule has 0 radical (unpaired) electrons. The number of benzene rings is 1. The molecule has 6 nitrogen and oxygen atoms in total. The third-order valence-corrected chi connectivity index (χ3v) is 2.93. The van der Waals surface area contributed by atoms with Crippen molar-refractivity contribution in [2.24, 2.45) is 0 Å². The number of hydrogen-bond donors (Lipinski definition) is 2. The van der Waals surface area contributed by atoms with Crippen molar-refractivity contribution in [1.82, 2.24) is 9.78 Å². The molecular formula is C13H15BN2O4. The summed E-state index contributed by atoms with van der Waals surface area (Å²) in [5.41, 5.74) is 1.55. The van der Waals surface area contributed by atoms with Gasteiger partial charge in [0.05, 0.1) is 19.9 Å². The normalized spacial score (nSPS) is 10.4. The second-order valence-corrected chi connectivity index (χ2v) is 4.47. The fraction of sp³-hybridized carbons (Fsp3) is 0.231. The van der Waals surface area contributed by atoms with Gasteiger partial charge in [0.2, 0.25) is 0 Å². The lowest BCUT2D eigenvalue weighted by Gasteiger charge is -2.11. The monoisotopic (exact) mass is 274 g/mol. The maximum atomic E-state index is 11.8. The molecule has 0 spiro atoms. The third-order valence-electron chi connectivity index (χ3n) is 2.93. The van der Waals surface area contributed by atoms with E-state index in [2.05, 4.69) is 5.10 Å². The summed E-state index contributed by atoms with van der Waals surface area (Å²) >= 11 is 0. The molecule has 1 aromatic carbocycles. The summed E-state index contributed by atoms with van der Waals surface area (Å²) in [6.45, 7) is 1.99. The largest absolute Gasteiger partial charge is 0.496 e. The summed E-state index contributed by atoms with van der Waals surface area (Å²) in [6.07, 6.45) is 1.60. The molecule has 0 amide bonds. The van der Waals surface area contributed by atoms with Gasteiger partial charge in [-0.3, -0.25) is 4.79 Å². The zero-order valence-electron chi connectivity index (χ0n) is 11.3. The van der Waals surface area contributed by atoms with Crippen LogP contribution >= 0.6 is 0 Å². The van der Waals surface area contributed by atoms with Gasteiger partial charge < -0.3 is 14.8 Å². The molecule has 0 atom stereocenters. The minimum absolute atomic E-state index is 0.197. The van der Waals surface area contributed by atoms with Crippen LogP contribution in [0.5, 0.6) is 5.75 Å². The number of hydrogen-bond acceptors (Lipinski definition) is 5. The quantitative estimate of drug-likeness (QED) is 0.719. The summed E-state index contributed by atoms with van der Waals surface area (Å²) in [4.78, 5) is 11.8. The van der Waals surface area contributed by atoms with Crippen LogP contribution in [-0.4, -0.2) is 34.1 Å². The maximum absolute atomic E-state index is 11.8. The maximum Gasteiger partial charge on any atom is 0.488 e. The molecule has 0 bridgehead atoms. The first kappa shape index (κ1) is 14.3. The highest BCUT2D eigenvalue weighted by atomic mass is 16.5. The highest BCUT2D eigenvalue weighted by Crippen LogP contribution is 2.17. The Balaban J connectivity index is 2.40. The summed E-state index contributed by atoms with van der Waals surface area (Å²) in [7, 11) is -0.0541. The lowest BCUT2D eigenvalue weighted by Crippen LogP contribution is -2.31. The molecule has 1 aromatic heterocycles. The molecule has 0 fully saturated rings. The van der Waals surface area contributed by atoms with E-state index in [4.69, 9.17) is 4.74 Å². The summed E-state index contributed by atoms with van der Waals surface area (Å²) in [5.74, 6) is 0.559. The SMILES string of the molecule is COc1ccc(B(O)O)cc1Cn1ncc(C)cc1=O. The third kappa shape index (κ3) is 3.07. The van der Waals surface area contributed by atoms with E-state index in [1.165, 1.54) is 17.9 Å². The Morgan fingerprint density at radius 1 is 1.35 bits per heavy atom. The molecule has 20 heavy (non-hydrogen) atoms. The summed E-state index contributed by atoms with van der Waals surface area (Å²) in [5, 5.41) is 22.4. The van der Waals surface area contributed by atoms with E-state index in [-0.39, 0.29) is 12.1 Å². The highest BCUT2D eigenvalue weighted by Gasteiger charge is 2.14. The van der Waals surface area contributed by atoms with Gasteiger partial charge in [-0.05, 0) is 24.0 Å². The smallest absolute Gasteiger partial charge is 0.488 e. The van der Waals surface area contributed by atoms with Crippen molar-refractivity contribution in [3.8, 4) is 5.75 Å². The molecular weight excluding hydrogens is 259 g/mol. The van der Waals surface area contributed by atoms with Gasteiger partial charge in [0.25, 0.3) is 5.56 Å². The molecule has 2 rings (SSSR count). The van der Waals surface area contributed by atoms with E-state index in [0.29, 0.717) is 16.8 Å². The molecule has 0 unspecified atom stereocenters. The van der Waals surface area contributed by atoms with Gasteiger partial charge in [-0.1, -0.05) is 12.1 Å². The number of nitrogens with zero attached hydrogens (tertiary/aromatic N) is 2. The molecule has 104 valence electrons. The van der Waals surface area contributed by atoms with Gasteiger partial charge in [0.1, 0.15) is 5.75 Å². The average molecular weight is 274 g/mol.